The third-order valence-electron chi connectivity index (χ3n) is 4.09. The summed E-state index contributed by atoms with van der Waals surface area (Å²) in [7, 11) is 0. The quantitative estimate of drug-likeness (QED) is 0.542. The number of fused-ring (bicyclic) bond motifs is 1. The Morgan fingerprint density at radius 3 is 2.66 bits per heavy atom. The molecule has 0 aliphatic carbocycles. The summed E-state index contributed by atoms with van der Waals surface area (Å²) in [6.45, 7) is 9.80. The van der Waals surface area contributed by atoms with Gasteiger partial charge in [0.05, 0.1) is 9.71 Å². The van der Waals surface area contributed by atoms with Crippen molar-refractivity contribution in [1.29, 1.82) is 0 Å². The van der Waals surface area contributed by atoms with Crippen LogP contribution >= 0.6 is 22.9 Å². The molecule has 0 bridgehead atoms. The molecular formula is C22H24ClN3O2S. The number of benzene rings is 1. The lowest BCUT2D eigenvalue weighted by Gasteiger charge is -2.13. The fourth-order valence-corrected chi connectivity index (χ4v) is 3.96. The van der Waals surface area contributed by atoms with Crippen LogP contribution < -0.4 is 10.1 Å². The van der Waals surface area contributed by atoms with Gasteiger partial charge in [0.2, 0.25) is 11.8 Å². The molecule has 0 saturated heterocycles. The van der Waals surface area contributed by atoms with E-state index in [1.807, 2.05) is 37.3 Å². The van der Waals surface area contributed by atoms with Crippen molar-refractivity contribution in [3.05, 3.63) is 52.1 Å². The van der Waals surface area contributed by atoms with E-state index in [9.17, 15) is 4.79 Å². The molecule has 152 valence electrons. The Labute approximate surface area is 179 Å². The SMILES string of the molecule is CC(=O)N[C@@H](C)/C=C/c1ccc(Oc2ccc3sc(C(C)(C)C)nc3c2Cl)nc1. The molecule has 2 aromatic heterocycles. The smallest absolute Gasteiger partial charge is 0.219 e. The Morgan fingerprint density at radius 2 is 2.03 bits per heavy atom. The van der Waals surface area contributed by atoms with Crippen LogP contribution in [0.4, 0.5) is 0 Å². The monoisotopic (exact) mass is 429 g/mol. The largest absolute Gasteiger partial charge is 0.437 e. The van der Waals surface area contributed by atoms with E-state index in [4.69, 9.17) is 21.3 Å². The highest BCUT2D eigenvalue weighted by atomic mass is 35.5. The third kappa shape index (κ3) is 5.34. The highest BCUT2D eigenvalue weighted by Gasteiger charge is 2.21. The van der Waals surface area contributed by atoms with Gasteiger partial charge in [-0.3, -0.25) is 4.79 Å². The first kappa shape index (κ1) is 21.3. The lowest BCUT2D eigenvalue weighted by Crippen LogP contribution is -2.28. The normalized spacial score (nSPS) is 13.0. The second kappa shape index (κ2) is 8.51. The van der Waals surface area contributed by atoms with Gasteiger partial charge in [0.15, 0.2) is 0 Å². The zero-order valence-corrected chi connectivity index (χ0v) is 18.7. The molecule has 1 aromatic carbocycles. The summed E-state index contributed by atoms with van der Waals surface area (Å²) in [6.07, 6.45) is 5.51. The van der Waals surface area contributed by atoms with Gasteiger partial charge in [0.25, 0.3) is 0 Å². The summed E-state index contributed by atoms with van der Waals surface area (Å²) < 4.78 is 6.92. The Balaban J connectivity index is 1.76. The number of nitrogens with zero attached hydrogens (tertiary/aromatic N) is 2. The van der Waals surface area contributed by atoms with Crippen molar-refractivity contribution in [2.24, 2.45) is 0 Å². The van der Waals surface area contributed by atoms with E-state index >= 15 is 0 Å². The molecule has 0 fully saturated rings. The molecule has 1 N–H and O–H groups in total. The molecule has 3 rings (SSSR count). The van der Waals surface area contributed by atoms with E-state index in [1.165, 1.54) is 6.92 Å². The van der Waals surface area contributed by atoms with Crippen molar-refractivity contribution in [2.75, 3.05) is 0 Å². The third-order valence-corrected chi connectivity index (χ3v) is 5.90. The average Bonchev–Trinajstić information content (AvgIpc) is 3.08. The number of nitrogens with one attached hydrogen (secondary N) is 1. The molecule has 29 heavy (non-hydrogen) atoms. The first-order valence-corrected chi connectivity index (χ1v) is 10.5. The topological polar surface area (TPSA) is 64.1 Å². The molecule has 0 saturated carbocycles. The minimum atomic E-state index is -0.0624. The van der Waals surface area contributed by atoms with Gasteiger partial charge in [-0.15, -0.1) is 11.3 Å². The van der Waals surface area contributed by atoms with Crippen molar-refractivity contribution in [2.45, 2.75) is 46.1 Å². The number of amides is 1. The van der Waals surface area contributed by atoms with Crippen molar-refractivity contribution >= 4 is 45.1 Å². The number of thiazole rings is 1. The molecule has 7 heteroatoms. The molecule has 0 unspecified atom stereocenters. The summed E-state index contributed by atoms with van der Waals surface area (Å²) in [5.74, 6) is 0.914. The highest BCUT2D eigenvalue weighted by Crippen LogP contribution is 2.39. The Morgan fingerprint density at radius 1 is 1.28 bits per heavy atom. The van der Waals surface area contributed by atoms with Gasteiger partial charge in [-0.2, -0.15) is 0 Å². The Kier molecular flexibility index (Phi) is 6.24. The molecule has 0 aliphatic heterocycles. The van der Waals surface area contributed by atoms with E-state index in [2.05, 4.69) is 31.1 Å². The van der Waals surface area contributed by atoms with E-state index in [0.717, 1.165) is 20.8 Å². The van der Waals surface area contributed by atoms with E-state index in [0.29, 0.717) is 16.7 Å². The van der Waals surface area contributed by atoms with Crippen LogP contribution in [0, 0.1) is 0 Å². The summed E-state index contributed by atoms with van der Waals surface area (Å²) in [4.78, 5) is 20.1. The fourth-order valence-electron chi connectivity index (χ4n) is 2.63. The van der Waals surface area contributed by atoms with Gasteiger partial charge in [0.1, 0.15) is 16.3 Å². The molecule has 2 heterocycles. The maximum Gasteiger partial charge on any atom is 0.219 e. The van der Waals surface area contributed by atoms with Crippen LogP contribution in [0.15, 0.2) is 36.5 Å². The van der Waals surface area contributed by atoms with Crippen molar-refractivity contribution < 1.29 is 9.53 Å². The summed E-state index contributed by atoms with van der Waals surface area (Å²) in [6, 6.07) is 7.45. The number of halogens is 1. The first-order chi connectivity index (χ1) is 13.6. The van der Waals surface area contributed by atoms with Crippen molar-refractivity contribution in [1.82, 2.24) is 15.3 Å². The molecule has 0 radical (unpaired) electrons. The second-order valence-electron chi connectivity index (χ2n) is 7.87. The second-order valence-corrected chi connectivity index (χ2v) is 9.28. The molecule has 5 nitrogen and oxygen atoms in total. The van der Waals surface area contributed by atoms with Crippen LogP contribution in [-0.4, -0.2) is 21.9 Å². The predicted molar refractivity (Wildman–Crippen MR) is 120 cm³/mol. The minimum absolute atomic E-state index is 0.0314. The van der Waals surface area contributed by atoms with E-state index in [-0.39, 0.29) is 17.4 Å². The molecule has 0 spiro atoms. The molecule has 1 amide bonds. The summed E-state index contributed by atoms with van der Waals surface area (Å²) >= 11 is 8.20. The average molecular weight is 430 g/mol. The number of ether oxygens (including phenoxy) is 1. The zero-order chi connectivity index (χ0) is 21.2. The Hall–Kier alpha value is -2.44. The van der Waals surface area contributed by atoms with Crippen LogP contribution in [-0.2, 0) is 10.2 Å². The summed E-state index contributed by atoms with van der Waals surface area (Å²) in [5.41, 5.74) is 1.63. The van der Waals surface area contributed by atoms with Crippen molar-refractivity contribution in [3.8, 4) is 11.6 Å². The van der Waals surface area contributed by atoms with Crippen molar-refractivity contribution in [3.63, 3.8) is 0 Å². The maximum absolute atomic E-state index is 11.1. The Bertz CT molecular complexity index is 1050. The zero-order valence-electron chi connectivity index (χ0n) is 17.1. The van der Waals surface area contributed by atoms with E-state index in [1.54, 1.807) is 23.6 Å². The standard InChI is InChI=1S/C22H24ClN3O2S/c1-13(25-14(2)27)6-7-15-8-11-18(24-12-15)28-16-9-10-17-20(19(16)23)26-21(29-17)22(3,4)5/h6-13H,1-5H3,(H,25,27)/b7-6+/t13-/m0/s1. The lowest BCUT2D eigenvalue weighted by atomic mass is 9.98. The van der Waals surface area contributed by atoms with Gasteiger partial charge in [0, 0.05) is 30.6 Å². The van der Waals surface area contributed by atoms with Gasteiger partial charge in [-0.25, -0.2) is 9.97 Å². The first-order valence-electron chi connectivity index (χ1n) is 9.32. The highest BCUT2D eigenvalue weighted by molar-refractivity contribution is 7.18. The molecule has 0 aliphatic rings. The number of hydrogen-bond donors (Lipinski definition) is 1. The van der Waals surface area contributed by atoms with Crippen LogP contribution in [0.3, 0.4) is 0 Å². The van der Waals surface area contributed by atoms with Crippen LogP contribution in [0.25, 0.3) is 16.3 Å². The predicted octanol–water partition coefficient (Wildman–Crippen LogP) is 5.97. The number of carbonyl (C=O) groups is 1. The van der Waals surface area contributed by atoms with E-state index < -0.39 is 0 Å². The van der Waals surface area contributed by atoms with Gasteiger partial charge < -0.3 is 10.1 Å². The molecular weight excluding hydrogens is 406 g/mol. The number of rotatable bonds is 5. The fraction of sp³-hybridized carbons (Fsp3) is 0.318. The molecule has 3 aromatic rings. The maximum atomic E-state index is 11.1. The van der Waals surface area contributed by atoms with Crippen LogP contribution in [0.5, 0.6) is 11.6 Å². The number of hydrogen-bond acceptors (Lipinski definition) is 5. The number of pyridine rings is 1. The van der Waals surface area contributed by atoms with Crippen LogP contribution in [0.2, 0.25) is 5.02 Å². The van der Waals surface area contributed by atoms with Gasteiger partial charge >= 0.3 is 0 Å². The minimum Gasteiger partial charge on any atom is -0.437 e. The van der Waals surface area contributed by atoms with Gasteiger partial charge in [-0.1, -0.05) is 44.5 Å². The molecule has 1 atom stereocenters. The lowest BCUT2D eigenvalue weighted by molar-refractivity contribution is -0.119. The van der Waals surface area contributed by atoms with Gasteiger partial charge in [-0.05, 0) is 30.7 Å². The number of carbonyl (C=O) groups excluding carboxylic acids is 1. The number of aromatic nitrogens is 2. The summed E-state index contributed by atoms with van der Waals surface area (Å²) in [5, 5.41) is 4.32. The van der Waals surface area contributed by atoms with Crippen LogP contribution in [0.1, 0.15) is 45.2 Å².